The Balaban J connectivity index is 2.07. The molecular weight excluding hydrogens is 308 g/mol. The third-order valence-corrected chi connectivity index (χ3v) is 7.65. The minimum Gasteiger partial charge on any atom is -0.391 e. The van der Waals surface area contributed by atoms with Gasteiger partial charge in [-0.1, -0.05) is 0 Å². The Morgan fingerprint density at radius 2 is 2.05 bits per heavy atom. The number of thiophene rings is 1. The zero-order valence-corrected chi connectivity index (χ0v) is 14.5. The summed E-state index contributed by atoms with van der Waals surface area (Å²) in [5, 5.41) is 9.22. The van der Waals surface area contributed by atoms with E-state index in [0.29, 0.717) is 16.7 Å². The number of hydrogen-bond donors (Lipinski definition) is 1. The summed E-state index contributed by atoms with van der Waals surface area (Å²) in [6, 6.07) is 1.66. The average Bonchev–Trinajstić information content (AvgIpc) is 2.83. The molecule has 1 aliphatic heterocycles. The van der Waals surface area contributed by atoms with Crippen molar-refractivity contribution in [1.82, 2.24) is 9.21 Å². The predicted octanol–water partition coefficient (Wildman–Crippen LogP) is 1.51. The van der Waals surface area contributed by atoms with Gasteiger partial charge in [0.25, 0.3) is 10.0 Å². The lowest BCUT2D eigenvalue weighted by Gasteiger charge is -2.31. The number of piperidine rings is 1. The van der Waals surface area contributed by atoms with Crippen molar-refractivity contribution < 1.29 is 13.5 Å². The second-order valence-electron chi connectivity index (χ2n) is 5.86. The Morgan fingerprint density at radius 3 is 2.57 bits per heavy atom. The highest BCUT2D eigenvalue weighted by atomic mass is 32.2. The summed E-state index contributed by atoms with van der Waals surface area (Å²) in [4.78, 5) is 3.00. The van der Waals surface area contributed by atoms with E-state index in [1.54, 1.807) is 13.1 Å². The second-order valence-corrected chi connectivity index (χ2v) is 9.27. The van der Waals surface area contributed by atoms with Crippen molar-refractivity contribution in [1.29, 1.82) is 0 Å². The molecule has 2 heterocycles. The van der Waals surface area contributed by atoms with Gasteiger partial charge in [-0.05, 0) is 57.5 Å². The lowest BCUT2D eigenvalue weighted by molar-refractivity contribution is 0.202. The van der Waals surface area contributed by atoms with Gasteiger partial charge >= 0.3 is 0 Å². The second kappa shape index (κ2) is 6.75. The van der Waals surface area contributed by atoms with E-state index in [1.165, 1.54) is 15.6 Å². The first-order chi connectivity index (χ1) is 9.84. The molecule has 0 spiro atoms. The van der Waals surface area contributed by atoms with Crippen LogP contribution in [0.4, 0.5) is 0 Å². The molecule has 1 aromatic heterocycles. The number of hydrogen-bond acceptors (Lipinski definition) is 5. The van der Waals surface area contributed by atoms with E-state index in [0.717, 1.165) is 36.4 Å². The number of aliphatic hydroxyl groups is 1. The minimum absolute atomic E-state index is 0.106. The molecule has 7 heteroatoms. The standard InChI is InChI=1S/C14H24N2O3S2/c1-11-8-14(20-13(11)10-17)21(18,19)16(3)9-12-4-6-15(2)7-5-12/h8,12,17H,4-7,9-10H2,1-3H3. The molecular formula is C14H24N2O3S2. The molecule has 2 rings (SSSR count). The highest BCUT2D eigenvalue weighted by Crippen LogP contribution is 2.29. The molecule has 1 aromatic rings. The van der Waals surface area contributed by atoms with Crippen molar-refractivity contribution in [3.8, 4) is 0 Å². The monoisotopic (exact) mass is 332 g/mol. The van der Waals surface area contributed by atoms with Crippen LogP contribution in [0.15, 0.2) is 10.3 Å². The minimum atomic E-state index is -3.44. The summed E-state index contributed by atoms with van der Waals surface area (Å²) in [5.41, 5.74) is 0.841. The van der Waals surface area contributed by atoms with Crippen LogP contribution in [0.1, 0.15) is 23.3 Å². The average molecular weight is 332 g/mol. The lowest BCUT2D eigenvalue weighted by atomic mass is 9.97. The molecule has 0 saturated carbocycles. The van der Waals surface area contributed by atoms with E-state index in [9.17, 15) is 13.5 Å². The first-order valence-electron chi connectivity index (χ1n) is 7.19. The molecule has 0 amide bonds. The summed E-state index contributed by atoms with van der Waals surface area (Å²) in [7, 11) is 0.316. The molecule has 0 radical (unpaired) electrons. The van der Waals surface area contributed by atoms with Crippen LogP contribution in [-0.2, 0) is 16.6 Å². The quantitative estimate of drug-likeness (QED) is 0.888. The third kappa shape index (κ3) is 3.84. The molecule has 1 fully saturated rings. The maximum Gasteiger partial charge on any atom is 0.252 e. The van der Waals surface area contributed by atoms with Gasteiger partial charge in [-0.25, -0.2) is 8.42 Å². The highest BCUT2D eigenvalue weighted by Gasteiger charge is 2.27. The first-order valence-corrected chi connectivity index (χ1v) is 9.45. The van der Waals surface area contributed by atoms with Gasteiger partial charge in [0.05, 0.1) is 6.61 Å². The SMILES string of the molecule is Cc1cc(S(=O)(=O)N(C)CC2CCN(C)CC2)sc1CO. The predicted molar refractivity (Wildman–Crippen MR) is 85.0 cm³/mol. The van der Waals surface area contributed by atoms with E-state index in [2.05, 4.69) is 11.9 Å². The Bertz CT molecular complexity index is 575. The van der Waals surface area contributed by atoms with Gasteiger partial charge in [0.15, 0.2) is 0 Å². The molecule has 1 saturated heterocycles. The molecule has 0 unspecified atom stereocenters. The van der Waals surface area contributed by atoms with E-state index in [4.69, 9.17) is 0 Å². The molecule has 120 valence electrons. The van der Waals surface area contributed by atoms with Crippen molar-refractivity contribution in [2.75, 3.05) is 33.7 Å². The van der Waals surface area contributed by atoms with Gasteiger partial charge in [-0.15, -0.1) is 11.3 Å². The van der Waals surface area contributed by atoms with Gasteiger partial charge in [-0.3, -0.25) is 0 Å². The van der Waals surface area contributed by atoms with Gasteiger partial charge in [0.1, 0.15) is 4.21 Å². The fourth-order valence-corrected chi connectivity index (χ4v) is 5.54. The number of aliphatic hydroxyl groups excluding tert-OH is 1. The molecule has 1 aliphatic rings. The molecule has 5 nitrogen and oxygen atoms in total. The molecule has 21 heavy (non-hydrogen) atoms. The van der Waals surface area contributed by atoms with Gasteiger partial charge < -0.3 is 10.0 Å². The van der Waals surface area contributed by atoms with E-state index >= 15 is 0 Å². The number of rotatable bonds is 5. The number of aryl methyl sites for hydroxylation is 1. The normalized spacial score (nSPS) is 18.5. The number of sulfonamides is 1. The topological polar surface area (TPSA) is 60.9 Å². The van der Waals surface area contributed by atoms with Crippen LogP contribution in [0.25, 0.3) is 0 Å². The molecule has 1 N–H and O–H groups in total. The molecule has 0 aromatic carbocycles. The summed E-state index contributed by atoms with van der Waals surface area (Å²) in [6.07, 6.45) is 2.09. The highest BCUT2D eigenvalue weighted by molar-refractivity contribution is 7.91. The lowest BCUT2D eigenvalue weighted by Crippen LogP contribution is -2.37. The Morgan fingerprint density at radius 1 is 1.43 bits per heavy atom. The summed E-state index contributed by atoms with van der Waals surface area (Å²) in [6.45, 7) is 4.36. The smallest absolute Gasteiger partial charge is 0.252 e. The summed E-state index contributed by atoms with van der Waals surface area (Å²) < 4.78 is 27.0. The van der Waals surface area contributed by atoms with Crippen LogP contribution in [0, 0.1) is 12.8 Å². The van der Waals surface area contributed by atoms with Crippen LogP contribution in [0.2, 0.25) is 0 Å². The maximum absolute atomic E-state index is 12.6. The zero-order chi connectivity index (χ0) is 15.6. The largest absolute Gasteiger partial charge is 0.391 e. The number of likely N-dealkylation sites (tertiary alicyclic amines) is 1. The molecule has 0 atom stereocenters. The van der Waals surface area contributed by atoms with Crippen molar-refractivity contribution in [2.45, 2.75) is 30.6 Å². The summed E-state index contributed by atoms with van der Waals surface area (Å²) in [5.74, 6) is 0.430. The van der Waals surface area contributed by atoms with Crippen LogP contribution in [-0.4, -0.2) is 56.5 Å². The van der Waals surface area contributed by atoms with Crippen LogP contribution in [0.3, 0.4) is 0 Å². The molecule has 0 bridgehead atoms. The Kier molecular flexibility index (Phi) is 5.43. The third-order valence-electron chi connectivity index (χ3n) is 4.16. The van der Waals surface area contributed by atoms with E-state index in [1.807, 2.05) is 6.92 Å². The molecule has 0 aliphatic carbocycles. The van der Waals surface area contributed by atoms with Crippen LogP contribution >= 0.6 is 11.3 Å². The van der Waals surface area contributed by atoms with Gasteiger partial charge in [0, 0.05) is 18.5 Å². The van der Waals surface area contributed by atoms with E-state index < -0.39 is 10.0 Å². The number of nitrogens with zero attached hydrogens (tertiary/aromatic N) is 2. The Labute approximate surface area is 131 Å². The van der Waals surface area contributed by atoms with Crippen molar-refractivity contribution in [3.63, 3.8) is 0 Å². The van der Waals surface area contributed by atoms with Gasteiger partial charge in [0.2, 0.25) is 0 Å². The zero-order valence-electron chi connectivity index (χ0n) is 12.9. The van der Waals surface area contributed by atoms with Crippen molar-refractivity contribution >= 4 is 21.4 Å². The van der Waals surface area contributed by atoms with Crippen molar-refractivity contribution in [2.24, 2.45) is 5.92 Å². The van der Waals surface area contributed by atoms with Crippen LogP contribution in [0.5, 0.6) is 0 Å². The van der Waals surface area contributed by atoms with Crippen molar-refractivity contribution in [3.05, 3.63) is 16.5 Å². The van der Waals surface area contributed by atoms with Crippen LogP contribution < -0.4 is 0 Å². The fraction of sp³-hybridized carbons (Fsp3) is 0.714. The van der Waals surface area contributed by atoms with E-state index in [-0.39, 0.29) is 6.61 Å². The Hall–Kier alpha value is -0.470. The first kappa shape index (κ1) is 16.9. The maximum atomic E-state index is 12.6. The fourth-order valence-electron chi connectivity index (χ4n) is 2.63. The van der Waals surface area contributed by atoms with Gasteiger partial charge in [-0.2, -0.15) is 4.31 Å². The summed E-state index contributed by atoms with van der Waals surface area (Å²) >= 11 is 1.17.